The molecule has 0 aliphatic carbocycles. The van der Waals surface area contributed by atoms with Crippen molar-refractivity contribution in [2.45, 2.75) is 32.9 Å². The standard InChI is InChI=1S/C17H27ClN4O2.HI/c1-17(2,3)24-16(23)22(5)11-10-20-15(19-4)21-12-13-6-8-14(18)9-7-13;/h6-9H,10-12H2,1-5H3,(H2,19,20,21);1H. The van der Waals surface area contributed by atoms with Crippen LogP contribution in [0.5, 0.6) is 0 Å². The van der Waals surface area contributed by atoms with Crippen LogP contribution in [0.15, 0.2) is 29.3 Å². The van der Waals surface area contributed by atoms with E-state index in [-0.39, 0.29) is 30.1 Å². The molecule has 1 aromatic carbocycles. The summed E-state index contributed by atoms with van der Waals surface area (Å²) in [6.07, 6.45) is -0.339. The highest BCUT2D eigenvalue weighted by Crippen LogP contribution is 2.09. The van der Waals surface area contributed by atoms with Gasteiger partial charge in [-0.2, -0.15) is 0 Å². The average Bonchev–Trinajstić information content (AvgIpc) is 2.50. The highest BCUT2D eigenvalue weighted by atomic mass is 127. The van der Waals surface area contributed by atoms with Crippen molar-refractivity contribution in [3.63, 3.8) is 0 Å². The van der Waals surface area contributed by atoms with Gasteiger partial charge in [0, 0.05) is 38.8 Å². The zero-order chi connectivity index (χ0) is 18.2. The maximum atomic E-state index is 11.9. The second-order valence-corrected chi connectivity index (χ2v) is 6.82. The SMILES string of the molecule is CN=C(NCCN(C)C(=O)OC(C)(C)C)NCc1ccc(Cl)cc1.I. The van der Waals surface area contributed by atoms with E-state index in [9.17, 15) is 4.79 Å². The minimum atomic E-state index is -0.491. The summed E-state index contributed by atoms with van der Waals surface area (Å²) in [4.78, 5) is 17.5. The predicted octanol–water partition coefficient (Wildman–Crippen LogP) is 3.49. The van der Waals surface area contributed by atoms with Gasteiger partial charge < -0.3 is 20.3 Å². The van der Waals surface area contributed by atoms with Crippen LogP contribution in [-0.2, 0) is 11.3 Å². The predicted molar refractivity (Wildman–Crippen MR) is 114 cm³/mol. The van der Waals surface area contributed by atoms with Crippen LogP contribution in [0.3, 0.4) is 0 Å². The molecule has 6 nitrogen and oxygen atoms in total. The number of carbonyl (C=O) groups is 1. The van der Waals surface area contributed by atoms with Crippen molar-refractivity contribution in [2.75, 3.05) is 27.2 Å². The van der Waals surface area contributed by atoms with E-state index in [0.29, 0.717) is 30.6 Å². The number of likely N-dealkylation sites (N-methyl/N-ethyl adjacent to an activating group) is 1. The van der Waals surface area contributed by atoms with Gasteiger partial charge in [0.15, 0.2) is 5.96 Å². The lowest BCUT2D eigenvalue weighted by Crippen LogP contribution is -2.42. The second-order valence-electron chi connectivity index (χ2n) is 6.38. The molecule has 0 unspecified atom stereocenters. The number of nitrogens with one attached hydrogen (secondary N) is 2. The van der Waals surface area contributed by atoms with Gasteiger partial charge in [0.05, 0.1) is 0 Å². The number of nitrogens with zero attached hydrogens (tertiary/aromatic N) is 2. The first-order valence-electron chi connectivity index (χ1n) is 7.84. The van der Waals surface area contributed by atoms with E-state index >= 15 is 0 Å². The molecule has 25 heavy (non-hydrogen) atoms. The fourth-order valence-electron chi connectivity index (χ4n) is 1.78. The number of rotatable bonds is 5. The molecule has 8 heteroatoms. The Morgan fingerprint density at radius 3 is 2.36 bits per heavy atom. The van der Waals surface area contributed by atoms with Gasteiger partial charge in [0.1, 0.15) is 5.60 Å². The number of hydrogen-bond donors (Lipinski definition) is 2. The third-order valence-corrected chi connectivity index (χ3v) is 3.29. The van der Waals surface area contributed by atoms with Crippen molar-refractivity contribution in [1.29, 1.82) is 0 Å². The largest absolute Gasteiger partial charge is 0.444 e. The molecule has 0 fully saturated rings. The van der Waals surface area contributed by atoms with Crippen molar-refractivity contribution in [2.24, 2.45) is 4.99 Å². The molecule has 0 radical (unpaired) electrons. The number of aliphatic imine (C=N–C) groups is 1. The molecule has 0 aliphatic rings. The monoisotopic (exact) mass is 482 g/mol. The van der Waals surface area contributed by atoms with Gasteiger partial charge in [0.25, 0.3) is 0 Å². The van der Waals surface area contributed by atoms with Gasteiger partial charge in [0.2, 0.25) is 0 Å². The van der Waals surface area contributed by atoms with Gasteiger partial charge in [-0.15, -0.1) is 24.0 Å². The third-order valence-electron chi connectivity index (χ3n) is 3.04. The minimum absolute atomic E-state index is 0. The fraction of sp³-hybridized carbons (Fsp3) is 0.529. The minimum Gasteiger partial charge on any atom is -0.444 e. The van der Waals surface area contributed by atoms with Crippen LogP contribution in [0.2, 0.25) is 5.02 Å². The van der Waals surface area contributed by atoms with Crippen molar-refractivity contribution >= 4 is 47.6 Å². The molecule has 0 aliphatic heterocycles. The topological polar surface area (TPSA) is 66.0 Å². The Kier molecular flexibility index (Phi) is 10.8. The fourth-order valence-corrected chi connectivity index (χ4v) is 1.91. The summed E-state index contributed by atoms with van der Waals surface area (Å²) in [6.45, 7) is 7.25. The first-order valence-corrected chi connectivity index (χ1v) is 8.22. The molecule has 0 aromatic heterocycles. The Morgan fingerprint density at radius 1 is 1.24 bits per heavy atom. The molecule has 1 amide bonds. The van der Waals surface area contributed by atoms with Crippen LogP contribution < -0.4 is 10.6 Å². The number of carbonyl (C=O) groups excluding carboxylic acids is 1. The van der Waals surface area contributed by atoms with E-state index in [2.05, 4.69) is 15.6 Å². The lowest BCUT2D eigenvalue weighted by Gasteiger charge is -2.24. The lowest BCUT2D eigenvalue weighted by atomic mass is 10.2. The molecule has 1 aromatic rings. The maximum Gasteiger partial charge on any atom is 0.410 e. The van der Waals surface area contributed by atoms with E-state index in [0.717, 1.165) is 5.56 Å². The highest BCUT2D eigenvalue weighted by Gasteiger charge is 2.19. The summed E-state index contributed by atoms with van der Waals surface area (Å²) in [5.41, 5.74) is 0.614. The van der Waals surface area contributed by atoms with Crippen molar-refractivity contribution in [1.82, 2.24) is 15.5 Å². The first-order chi connectivity index (χ1) is 11.2. The summed E-state index contributed by atoms with van der Waals surface area (Å²) in [5.74, 6) is 0.669. The third kappa shape index (κ3) is 10.4. The molecule has 0 saturated carbocycles. The molecule has 0 bridgehead atoms. The van der Waals surface area contributed by atoms with E-state index in [4.69, 9.17) is 16.3 Å². The van der Waals surface area contributed by atoms with Gasteiger partial charge in [-0.25, -0.2) is 4.79 Å². The number of halogens is 2. The summed E-state index contributed by atoms with van der Waals surface area (Å²) in [6, 6.07) is 7.62. The summed E-state index contributed by atoms with van der Waals surface area (Å²) in [7, 11) is 3.41. The summed E-state index contributed by atoms with van der Waals surface area (Å²) in [5, 5.41) is 7.08. The average molecular weight is 483 g/mol. The summed E-state index contributed by atoms with van der Waals surface area (Å²) < 4.78 is 5.30. The zero-order valence-electron chi connectivity index (χ0n) is 15.4. The van der Waals surface area contributed by atoms with Crippen LogP contribution >= 0.6 is 35.6 Å². The molecular weight excluding hydrogens is 455 g/mol. The molecule has 1 rings (SSSR count). The molecule has 142 valence electrons. The van der Waals surface area contributed by atoms with E-state index in [1.165, 1.54) is 4.90 Å². The second kappa shape index (κ2) is 11.4. The van der Waals surface area contributed by atoms with Crippen molar-refractivity contribution in [3.8, 4) is 0 Å². The van der Waals surface area contributed by atoms with Gasteiger partial charge >= 0.3 is 6.09 Å². The molecule has 0 atom stereocenters. The maximum absolute atomic E-state index is 11.9. The molecule has 0 saturated heterocycles. The Balaban J connectivity index is 0.00000576. The zero-order valence-corrected chi connectivity index (χ0v) is 18.5. The summed E-state index contributed by atoms with van der Waals surface area (Å²) >= 11 is 5.87. The van der Waals surface area contributed by atoms with E-state index < -0.39 is 5.60 Å². The quantitative estimate of drug-likeness (QED) is 0.383. The number of ether oxygens (including phenoxy) is 1. The Hall–Kier alpha value is -1.22. The number of amides is 1. The smallest absolute Gasteiger partial charge is 0.410 e. The van der Waals surface area contributed by atoms with Crippen LogP contribution in [0.1, 0.15) is 26.3 Å². The van der Waals surface area contributed by atoms with Gasteiger partial charge in [-0.05, 0) is 38.5 Å². The van der Waals surface area contributed by atoms with E-state index in [1.807, 2.05) is 45.0 Å². The number of benzene rings is 1. The van der Waals surface area contributed by atoms with Crippen molar-refractivity contribution in [3.05, 3.63) is 34.9 Å². The van der Waals surface area contributed by atoms with E-state index in [1.54, 1.807) is 14.1 Å². The number of guanidine groups is 1. The molecule has 0 spiro atoms. The Labute approximate surface area is 172 Å². The Bertz CT molecular complexity index is 559. The van der Waals surface area contributed by atoms with Crippen LogP contribution in [0.25, 0.3) is 0 Å². The normalized spacial score (nSPS) is 11.4. The number of hydrogen-bond acceptors (Lipinski definition) is 3. The molecule has 2 N–H and O–H groups in total. The molecular formula is C17H28ClIN4O2. The van der Waals surface area contributed by atoms with Crippen LogP contribution in [0.4, 0.5) is 4.79 Å². The van der Waals surface area contributed by atoms with Crippen LogP contribution in [0, 0.1) is 0 Å². The first kappa shape index (κ1) is 23.8. The highest BCUT2D eigenvalue weighted by molar-refractivity contribution is 14.0. The van der Waals surface area contributed by atoms with Crippen LogP contribution in [-0.4, -0.2) is 49.7 Å². The molecule has 0 heterocycles. The van der Waals surface area contributed by atoms with Gasteiger partial charge in [-0.1, -0.05) is 23.7 Å². The Morgan fingerprint density at radius 2 is 1.84 bits per heavy atom. The lowest BCUT2D eigenvalue weighted by molar-refractivity contribution is 0.0302. The van der Waals surface area contributed by atoms with Gasteiger partial charge in [-0.3, -0.25) is 4.99 Å². The van der Waals surface area contributed by atoms with Crippen molar-refractivity contribution < 1.29 is 9.53 Å².